The zero-order chi connectivity index (χ0) is 27.7. The Morgan fingerprint density at radius 3 is 2.29 bits per heavy atom. The number of likely N-dealkylation sites (N-methyl/N-ethyl adjacent to an activating group) is 1. The van der Waals surface area contributed by atoms with E-state index < -0.39 is 27.4 Å². The van der Waals surface area contributed by atoms with Crippen molar-refractivity contribution in [3.8, 4) is 17.5 Å². The van der Waals surface area contributed by atoms with Crippen LogP contribution in [-0.2, 0) is 27.9 Å². The minimum Gasteiger partial charge on any atom is -0.357 e. The molecule has 1 aliphatic rings. The lowest BCUT2D eigenvalue weighted by atomic mass is 9.86. The highest BCUT2D eigenvalue weighted by Gasteiger charge is 2.37. The summed E-state index contributed by atoms with van der Waals surface area (Å²) in [7, 11) is -2.40. The standard InChI is InChI=1S/C27H30N6O4S/c1-27(2,3)23(26(35)29-4)31-25(34)22-21-17-32(38(36,37)20-12-10-18(16-28)11-13-20)14-15-33(21)24(30-22)19-8-6-5-7-9-19/h5-13,23H,14-15,17H2,1-4H3,(H,29,35)(H,31,34)/t23-/m1/s1. The first kappa shape index (κ1) is 27.0. The number of imidazole rings is 1. The van der Waals surface area contributed by atoms with Gasteiger partial charge >= 0.3 is 0 Å². The summed E-state index contributed by atoms with van der Waals surface area (Å²) in [6, 6.07) is 16.2. The summed E-state index contributed by atoms with van der Waals surface area (Å²) in [4.78, 5) is 30.9. The summed E-state index contributed by atoms with van der Waals surface area (Å²) >= 11 is 0. The number of fused-ring (bicyclic) bond motifs is 1. The van der Waals surface area contributed by atoms with Gasteiger partial charge in [0.15, 0.2) is 5.69 Å². The Morgan fingerprint density at radius 1 is 1.05 bits per heavy atom. The zero-order valence-corrected chi connectivity index (χ0v) is 22.5. The smallest absolute Gasteiger partial charge is 0.272 e. The van der Waals surface area contributed by atoms with Gasteiger partial charge in [-0.05, 0) is 29.7 Å². The van der Waals surface area contributed by atoms with Gasteiger partial charge in [-0.3, -0.25) is 9.59 Å². The Labute approximate surface area is 222 Å². The third-order valence-corrected chi connectivity index (χ3v) is 8.35. The fraction of sp³-hybridized carbons (Fsp3) is 0.333. The number of hydrogen-bond acceptors (Lipinski definition) is 6. The molecule has 0 aliphatic carbocycles. The first-order chi connectivity index (χ1) is 18.0. The normalized spacial score (nSPS) is 14.7. The topological polar surface area (TPSA) is 137 Å². The van der Waals surface area contributed by atoms with Crippen molar-refractivity contribution in [1.82, 2.24) is 24.5 Å². The summed E-state index contributed by atoms with van der Waals surface area (Å²) in [5, 5.41) is 14.4. The molecule has 1 aromatic heterocycles. The van der Waals surface area contributed by atoms with Crippen LogP contribution >= 0.6 is 0 Å². The molecule has 2 amide bonds. The number of amides is 2. The highest BCUT2D eigenvalue weighted by molar-refractivity contribution is 7.89. The molecule has 3 aromatic rings. The van der Waals surface area contributed by atoms with Gasteiger partial charge in [0, 0.05) is 25.7 Å². The summed E-state index contributed by atoms with van der Waals surface area (Å²) < 4.78 is 30.1. The van der Waals surface area contributed by atoms with Crippen LogP contribution in [-0.4, -0.2) is 53.7 Å². The molecule has 1 aliphatic heterocycles. The first-order valence-electron chi connectivity index (χ1n) is 12.1. The Kier molecular flexibility index (Phi) is 7.40. The highest BCUT2D eigenvalue weighted by atomic mass is 32.2. The number of nitrogens with zero attached hydrogens (tertiary/aromatic N) is 4. The maximum absolute atomic E-state index is 13.6. The zero-order valence-electron chi connectivity index (χ0n) is 21.7. The number of rotatable bonds is 6. The van der Waals surface area contributed by atoms with Crippen LogP contribution in [0.1, 0.15) is 42.5 Å². The SMILES string of the molecule is CNC(=O)[C@@H](NC(=O)c1nc(-c2ccccc2)n2c1CN(S(=O)(=O)c1ccc(C#N)cc1)CC2)C(C)(C)C. The Bertz CT molecular complexity index is 1500. The molecule has 0 unspecified atom stereocenters. The van der Waals surface area contributed by atoms with Crippen molar-refractivity contribution >= 4 is 21.8 Å². The third-order valence-electron chi connectivity index (χ3n) is 6.49. The molecule has 0 bridgehead atoms. The van der Waals surface area contributed by atoms with Crippen molar-refractivity contribution in [3.05, 3.63) is 71.5 Å². The van der Waals surface area contributed by atoms with Crippen LogP contribution in [0.15, 0.2) is 59.5 Å². The van der Waals surface area contributed by atoms with Crippen molar-refractivity contribution in [2.24, 2.45) is 5.41 Å². The summed E-state index contributed by atoms with van der Waals surface area (Å²) in [6.45, 7) is 5.92. The molecular weight excluding hydrogens is 504 g/mol. The van der Waals surface area contributed by atoms with E-state index in [2.05, 4.69) is 15.6 Å². The minimum absolute atomic E-state index is 0.0613. The first-order valence-corrected chi connectivity index (χ1v) is 13.6. The van der Waals surface area contributed by atoms with Gasteiger partial charge < -0.3 is 15.2 Å². The van der Waals surface area contributed by atoms with Crippen molar-refractivity contribution in [2.45, 2.75) is 44.8 Å². The number of aromatic nitrogens is 2. The second kappa shape index (κ2) is 10.4. The highest BCUT2D eigenvalue weighted by Crippen LogP contribution is 2.30. The number of nitrogens with one attached hydrogen (secondary N) is 2. The van der Waals surface area contributed by atoms with E-state index >= 15 is 0 Å². The van der Waals surface area contributed by atoms with Gasteiger partial charge in [0.25, 0.3) is 5.91 Å². The van der Waals surface area contributed by atoms with E-state index in [4.69, 9.17) is 5.26 Å². The van der Waals surface area contributed by atoms with Gasteiger partial charge in [-0.15, -0.1) is 0 Å². The average Bonchev–Trinajstić information content (AvgIpc) is 3.30. The van der Waals surface area contributed by atoms with E-state index in [0.717, 1.165) is 5.56 Å². The van der Waals surface area contributed by atoms with Gasteiger partial charge in [-0.1, -0.05) is 51.1 Å². The summed E-state index contributed by atoms with van der Waals surface area (Å²) in [6.07, 6.45) is 0. The van der Waals surface area contributed by atoms with Crippen LogP contribution in [0.4, 0.5) is 0 Å². The molecule has 1 atom stereocenters. The van der Waals surface area contributed by atoms with Crippen LogP contribution in [0, 0.1) is 16.7 Å². The van der Waals surface area contributed by atoms with E-state index in [1.165, 1.54) is 35.6 Å². The van der Waals surface area contributed by atoms with E-state index in [9.17, 15) is 18.0 Å². The van der Waals surface area contributed by atoms with Crippen molar-refractivity contribution in [3.63, 3.8) is 0 Å². The van der Waals surface area contributed by atoms with Gasteiger partial charge in [-0.25, -0.2) is 13.4 Å². The molecular formula is C27H30N6O4S. The molecule has 0 saturated heterocycles. The van der Waals surface area contributed by atoms with Crippen molar-refractivity contribution in [2.75, 3.05) is 13.6 Å². The number of benzene rings is 2. The molecule has 38 heavy (non-hydrogen) atoms. The number of carbonyl (C=O) groups excluding carboxylic acids is 2. The molecule has 198 valence electrons. The molecule has 0 saturated carbocycles. The largest absolute Gasteiger partial charge is 0.357 e. The van der Waals surface area contributed by atoms with Crippen LogP contribution in [0.2, 0.25) is 0 Å². The van der Waals surface area contributed by atoms with E-state index in [1.807, 2.05) is 61.7 Å². The Balaban J connectivity index is 1.75. The molecule has 0 spiro atoms. The lowest BCUT2D eigenvalue weighted by Crippen LogP contribution is -2.53. The van der Waals surface area contributed by atoms with Gasteiger partial charge in [0.2, 0.25) is 15.9 Å². The molecule has 2 aromatic carbocycles. The molecule has 11 heteroatoms. The maximum Gasteiger partial charge on any atom is 0.272 e. The Morgan fingerprint density at radius 2 is 1.71 bits per heavy atom. The maximum atomic E-state index is 13.6. The summed E-state index contributed by atoms with van der Waals surface area (Å²) in [5.41, 5.74) is 1.07. The van der Waals surface area contributed by atoms with Gasteiger partial charge in [0.05, 0.1) is 28.8 Å². The van der Waals surface area contributed by atoms with Crippen molar-refractivity contribution < 1.29 is 18.0 Å². The van der Waals surface area contributed by atoms with Crippen molar-refractivity contribution in [1.29, 1.82) is 5.26 Å². The average molecular weight is 535 g/mol. The Hall–Kier alpha value is -4.01. The number of nitriles is 1. The third kappa shape index (κ3) is 5.18. The molecule has 4 rings (SSSR count). The lowest BCUT2D eigenvalue weighted by molar-refractivity contribution is -0.124. The summed E-state index contributed by atoms with van der Waals surface area (Å²) in [5.74, 6) is -0.349. The van der Waals surface area contributed by atoms with Gasteiger partial charge in [-0.2, -0.15) is 9.57 Å². The second-order valence-electron chi connectivity index (χ2n) is 10.1. The number of hydrogen-bond donors (Lipinski definition) is 2. The van der Waals surface area contributed by atoms with Crippen LogP contribution < -0.4 is 10.6 Å². The van der Waals surface area contributed by atoms with E-state index in [0.29, 0.717) is 17.1 Å². The van der Waals surface area contributed by atoms with Crippen LogP contribution in [0.3, 0.4) is 0 Å². The monoisotopic (exact) mass is 534 g/mol. The minimum atomic E-state index is -3.90. The fourth-order valence-corrected chi connectivity index (χ4v) is 5.80. The molecule has 2 heterocycles. The molecule has 0 fully saturated rings. The molecule has 0 radical (unpaired) electrons. The van der Waals surface area contributed by atoms with Crippen LogP contribution in [0.5, 0.6) is 0 Å². The number of sulfonamides is 1. The molecule has 2 N–H and O–H groups in total. The number of carbonyl (C=O) groups is 2. The lowest BCUT2D eigenvalue weighted by Gasteiger charge is -2.30. The van der Waals surface area contributed by atoms with E-state index in [1.54, 1.807) is 0 Å². The predicted molar refractivity (Wildman–Crippen MR) is 141 cm³/mol. The quantitative estimate of drug-likeness (QED) is 0.499. The van der Waals surface area contributed by atoms with E-state index in [-0.39, 0.29) is 36.1 Å². The fourth-order valence-electron chi connectivity index (χ4n) is 4.41. The molecule has 10 nitrogen and oxygen atoms in total. The van der Waals surface area contributed by atoms with Gasteiger partial charge in [0.1, 0.15) is 11.9 Å². The predicted octanol–water partition coefficient (Wildman–Crippen LogP) is 2.52. The van der Waals surface area contributed by atoms with Crippen LogP contribution in [0.25, 0.3) is 11.4 Å². The second-order valence-corrected chi connectivity index (χ2v) is 12.0.